The van der Waals surface area contributed by atoms with Crippen LogP contribution in [0.4, 0.5) is 0 Å². The number of carbonyl (C=O) groups excluding carboxylic acids is 2. The minimum absolute atomic E-state index is 0.100. The van der Waals surface area contributed by atoms with Gasteiger partial charge in [0.1, 0.15) is 11.5 Å². The van der Waals surface area contributed by atoms with E-state index in [9.17, 15) is 9.59 Å². The Bertz CT molecular complexity index is 801. The van der Waals surface area contributed by atoms with E-state index in [4.69, 9.17) is 9.47 Å². The number of hydrogen-bond donors (Lipinski definition) is 2. The molecule has 0 atom stereocenters. The molecule has 28 heavy (non-hydrogen) atoms. The summed E-state index contributed by atoms with van der Waals surface area (Å²) in [4.78, 5) is 24.3. The topological polar surface area (TPSA) is 76.7 Å². The summed E-state index contributed by atoms with van der Waals surface area (Å²) in [5, 5.41) is 0. The number of amides is 2. The van der Waals surface area contributed by atoms with Crippen molar-refractivity contribution in [3.05, 3.63) is 59.2 Å². The molecule has 0 fully saturated rings. The van der Waals surface area contributed by atoms with Gasteiger partial charge in [-0.05, 0) is 35.1 Å². The van der Waals surface area contributed by atoms with Gasteiger partial charge in [-0.25, -0.2) is 0 Å². The lowest BCUT2D eigenvalue weighted by molar-refractivity contribution is -0.121. The first-order chi connectivity index (χ1) is 13.2. The molecule has 2 aromatic rings. The average molecular weight is 384 g/mol. The second-order valence-corrected chi connectivity index (χ2v) is 7.55. The molecule has 0 aliphatic carbocycles. The van der Waals surface area contributed by atoms with Crippen LogP contribution in [0.15, 0.2) is 42.5 Å². The number of aryl methyl sites for hydroxylation is 1. The molecule has 6 nitrogen and oxygen atoms in total. The number of benzene rings is 2. The van der Waals surface area contributed by atoms with Crippen molar-refractivity contribution in [2.75, 3.05) is 14.2 Å². The number of hydrazine groups is 1. The molecule has 0 radical (unpaired) electrons. The molecular weight excluding hydrogens is 356 g/mol. The summed E-state index contributed by atoms with van der Waals surface area (Å²) in [6.45, 7) is 6.49. The summed E-state index contributed by atoms with van der Waals surface area (Å²) >= 11 is 0. The Balaban J connectivity index is 1.86. The normalized spacial score (nSPS) is 10.9. The molecule has 0 heterocycles. The second-order valence-electron chi connectivity index (χ2n) is 7.55. The molecule has 2 rings (SSSR count). The first-order valence-electron chi connectivity index (χ1n) is 9.14. The number of rotatable bonds is 6. The van der Waals surface area contributed by atoms with Crippen LogP contribution in [0.25, 0.3) is 0 Å². The standard InChI is InChI=1S/C22H28N2O4/c1-22(2,3)17-9-6-15(7-10-17)8-11-20(25)23-24-21(26)16-12-18(27-4)14-19(13-16)28-5/h6-7,9-10,12-14H,8,11H2,1-5H3,(H,23,25)(H,24,26). The minimum atomic E-state index is -0.444. The van der Waals surface area contributed by atoms with Gasteiger partial charge >= 0.3 is 0 Å². The number of methoxy groups -OCH3 is 2. The van der Waals surface area contributed by atoms with Crippen molar-refractivity contribution in [1.29, 1.82) is 0 Å². The third-order valence-corrected chi connectivity index (χ3v) is 4.39. The third-order valence-electron chi connectivity index (χ3n) is 4.39. The van der Waals surface area contributed by atoms with Gasteiger partial charge < -0.3 is 9.47 Å². The predicted molar refractivity (Wildman–Crippen MR) is 109 cm³/mol. The lowest BCUT2D eigenvalue weighted by Gasteiger charge is -2.19. The van der Waals surface area contributed by atoms with E-state index in [1.165, 1.54) is 19.8 Å². The molecule has 0 aromatic heterocycles. The summed E-state index contributed by atoms with van der Waals surface area (Å²) < 4.78 is 10.3. The summed E-state index contributed by atoms with van der Waals surface area (Å²) in [6, 6.07) is 13.1. The lowest BCUT2D eigenvalue weighted by atomic mass is 9.86. The predicted octanol–water partition coefficient (Wildman–Crippen LogP) is 3.40. The zero-order valence-corrected chi connectivity index (χ0v) is 17.1. The Morgan fingerprint density at radius 3 is 1.96 bits per heavy atom. The van der Waals surface area contributed by atoms with Gasteiger partial charge in [-0.2, -0.15) is 0 Å². The van der Waals surface area contributed by atoms with Crippen LogP contribution in [0, 0.1) is 0 Å². The van der Waals surface area contributed by atoms with E-state index in [1.807, 2.05) is 12.1 Å². The molecular formula is C22H28N2O4. The van der Waals surface area contributed by atoms with E-state index < -0.39 is 5.91 Å². The average Bonchev–Trinajstić information content (AvgIpc) is 2.69. The number of nitrogens with one attached hydrogen (secondary N) is 2. The van der Waals surface area contributed by atoms with Crippen LogP contribution in [-0.4, -0.2) is 26.0 Å². The lowest BCUT2D eigenvalue weighted by Crippen LogP contribution is -2.41. The van der Waals surface area contributed by atoms with Gasteiger partial charge in [-0.1, -0.05) is 45.0 Å². The van der Waals surface area contributed by atoms with Crippen molar-refractivity contribution in [2.24, 2.45) is 0 Å². The zero-order chi connectivity index (χ0) is 20.7. The molecule has 6 heteroatoms. The van der Waals surface area contributed by atoms with Gasteiger partial charge in [0.05, 0.1) is 14.2 Å². The quantitative estimate of drug-likeness (QED) is 0.749. The highest BCUT2D eigenvalue weighted by Crippen LogP contribution is 2.23. The molecule has 0 aliphatic rings. The Morgan fingerprint density at radius 1 is 0.893 bits per heavy atom. The second kappa shape index (κ2) is 9.26. The van der Waals surface area contributed by atoms with E-state index >= 15 is 0 Å². The Kier molecular flexibility index (Phi) is 7.04. The van der Waals surface area contributed by atoms with E-state index in [2.05, 4.69) is 43.8 Å². The van der Waals surface area contributed by atoms with Gasteiger partial charge in [0, 0.05) is 18.1 Å². The van der Waals surface area contributed by atoms with Crippen molar-refractivity contribution in [2.45, 2.75) is 39.0 Å². The Hall–Kier alpha value is -3.02. The first kappa shape index (κ1) is 21.3. The molecule has 2 amide bonds. The minimum Gasteiger partial charge on any atom is -0.497 e. The van der Waals surface area contributed by atoms with E-state index in [1.54, 1.807) is 18.2 Å². The molecule has 0 saturated heterocycles. The Morgan fingerprint density at radius 2 is 1.46 bits per heavy atom. The molecule has 0 saturated carbocycles. The van der Waals surface area contributed by atoms with Gasteiger partial charge in [0.15, 0.2) is 0 Å². The Labute approximate surface area is 166 Å². The van der Waals surface area contributed by atoms with Crippen molar-refractivity contribution in [3.63, 3.8) is 0 Å². The van der Waals surface area contributed by atoms with Crippen LogP contribution in [0.5, 0.6) is 11.5 Å². The van der Waals surface area contributed by atoms with Crippen LogP contribution in [0.2, 0.25) is 0 Å². The summed E-state index contributed by atoms with van der Waals surface area (Å²) in [6.07, 6.45) is 0.871. The smallest absolute Gasteiger partial charge is 0.269 e. The maximum atomic E-state index is 12.3. The molecule has 0 aliphatic heterocycles. The van der Waals surface area contributed by atoms with Crippen molar-refractivity contribution >= 4 is 11.8 Å². The molecule has 0 spiro atoms. The van der Waals surface area contributed by atoms with Crippen molar-refractivity contribution < 1.29 is 19.1 Å². The molecule has 2 N–H and O–H groups in total. The highest BCUT2D eigenvalue weighted by molar-refractivity contribution is 5.96. The van der Waals surface area contributed by atoms with E-state index in [-0.39, 0.29) is 17.7 Å². The fourth-order valence-corrected chi connectivity index (χ4v) is 2.63. The zero-order valence-electron chi connectivity index (χ0n) is 17.1. The van der Waals surface area contributed by atoms with E-state index in [0.29, 0.717) is 23.5 Å². The van der Waals surface area contributed by atoms with Crippen LogP contribution in [0.3, 0.4) is 0 Å². The molecule has 150 valence electrons. The van der Waals surface area contributed by atoms with Gasteiger partial charge in [0.25, 0.3) is 5.91 Å². The SMILES string of the molecule is COc1cc(OC)cc(C(=O)NNC(=O)CCc2ccc(C(C)(C)C)cc2)c1. The van der Waals surface area contributed by atoms with Gasteiger partial charge in [-0.3, -0.25) is 20.4 Å². The van der Waals surface area contributed by atoms with Gasteiger partial charge in [0.2, 0.25) is 5.91 Å². The van der Waals surface area contributed by atoms with Crippen LogP contribution < -0.4 is 20.3 Å². The van der Waals surface area contributed by atoms with Crippen LogP contribution in [-0.2, 0) is 16.6 Å². The van der Waals surface area contributed by atoms with Crippen molar-refractivity contribution in [1.82, 2.24) is 10.9 Å². The summed E-state index contributed by atoms with van der Waals surface area (Å²) in [5.74, 6) is 0.284. The fourth-order valence-electron chi connectivity index (χ4n) is 2.63. The molecule has 0 unspecified atom stereocenters. The fraction of sp³-hybridized carbons (Fsp3) is 0.364. The van der Waals surface area contributed by atoms with Crippen LogP contribution >= 0.6 is 0 Å². The van der Waals surface area contributed by atoms with Gasteiger partial charge in [-0.15, -0.1) is 0 Å². The van der Waals surface area contributed by atoms with Crippen molar-refractivity contribution in [3.8, 4) is 11.5 Å². The highest BCUT2D eigenvalue weighted by Gasteiger charge is 2.13. The van der Waals surface area contributed by atoms with E-state index in [0.717, 1.165) is 5.56 Å². The number of carbonyl (C=O) groups is 2. The monoisotopic (exact) mass is 384 g/mol. The maximum Gasteiger partial charge on any atom is 0.269 e. The summed E-state index contributed by atoms with van der Waals surface area (Å²) in [5.41, 5.74) is 7.61. The van der Waals surface area contributed by atoms with Crippen LogP contribution in [0.1, 0.15) is 48.7 Å². The largest absolute Gasteiger partial charge is 0.497 e. The highest BCUT2D eigenvalue weighted by atomic mass is 16.5. The molecule has 0 bridgehead atoms. The number of hydrogen-bond acceptors (Lipinski definition) is 4. The summed E-state index contributed by atoms with van der Waals surface area (Å²) in [7, 11) is 3.01. The number of ether oxygens (including phenoxy) is 2. The molecule has 2 aromatic carbocycles. The first-order valence-corrected chi connectivity index (χ1v) is 9.14. The third kappa shape index (κ3) is 6.01. The maximum absolute atomic E-state index is 12.3.